The standard InChI is InChI=1S/C27H28FN9O/c1-15-6-9-17(10-7-15)37-21(13-20(34-37)27(2,3)4)33-26(38)32-19-11-8-16(12-18(19)28)23-22-24(29)30-14-31-25(22)36(5)35-23/h6-14H,1-5H3,(H2,29,30,31)(H2,32,33,38). The zero-order valence-corrected chi connectivity index (χ0v) is 21.7. The Morgan fingerprint density at radius 3 is 2.42 bits per heavy atom. The van der Waals surface area contributed by atoms with Gasteiger partial charge in [-0.2, -0.15) is 10.2 Å². The summed E-state index contributed by atoms with van der Waals surface area (Å²) >= 11 is 0. The predicted molar refractivity (Wildman–Crippen MR) is 146 cm³/mol. The number of aryl methyl sites for hydroxylation is 2. The van der Waals surface area contributed by atoms with Gasteiger partial charge in [-0.3, -0.25) is 5.32 Å². The van der Waals surface area contributed by atoms with Crippen LogP contribution >= 0.6 is 0 Å². The van der Waals surface area contributed by atoms with Gasteiger partial charge in [-0.15, -0.1) is 0 Å². The van der Waals surface area contributed by atoms with Crippen molar-refractivity contribution in [3.63, 3.8) is 0 Å². The highest BCUT2D eigenvalue weighted by Crippen LogP contribution is 2.32. The second kappa shape index (κ2) is 9.25. The minimum Gasteiger partial charge on any atom is -0.383 e. The number of aromatic nitrogens is 6. The summed E-state index contributed by atoms with van der Waals surface area (Å²) in [5, 5.41) is 15.1. The largest absolute Gasteiger partial charge is 0.383 e. The van der Waals surface area contributed by atoms with Crippen LogP contribution in [0.1, 0.15) is 32.0 Å². The van der Waals surface area contributed by atoms with Crippen molar-refractivity contribution < 1.29 is 9.18 Å². The summed E-state index contributed by atoms with van der Waals surface area (Å²) in [5.41, 5.74) is 9.97. The molecular formula is C27H28FN9O. The Kier molecular flexibility index (Phi) is 6.06. The summed E-state index contributed by atoms with van der Waals surface area (Å²) in [5.74, 6) is 0.0814. The molecule has 0 atom stereocenters. The van der Waals surface area contributed by atoms with E-state index in [4.69, 9.17) is 10.8 Å². The van der Waals surface area contributed by atoms with Crippen LogP contribution in [0.3, 0.4) is 0 Å². The lowest BCUT2D eigenvalue weighted by atomic mass is 9.92. The van der Waals surface area contributed by atoms with Crippen LogP contribution in [0.2, 0.25) is 0 Å². The van der Waals surface area contributed by atoms with Gasteiger partial charge in [-0.25, -0.2) is 28.5 Å². The highest BCUT2D eigenvalue weighted by atomic mass is 19.1. The van der Waals surface area contributed by atoms with Crippen molar-refractivity contribution in [2.45, 2.75) is 33.1 Å². The van der Waals surface area contributed by atoms with Gasteiger partial charge in [-0.05, 0) is 31.2 Å². The average Bonchev–Trinajstić information content (AvgIpc) is 3.43. The second-order valence-electron chi connectivity index (χ2n) is 10.1. The molecule has 5 aromatic rings. The maximum atomic E-state index is 15.1. The lowest BCUT2D eigenvalue weighted by Crippen LogP contribution is -2.22. The number of nitrogen functional groups attached to an aromatic ring is 1. The fourth-order valence-corrected chi connectivity index (χ4v) is 4.06. The van der Waals surface area contributed by atoms with Crippen LogP contribution in [0.15, 0.2) is 54.9 Å². The number of halogens is 1. The van der Waals surface area contributed by atoms with Crippen molar-refractivity contribution in [2.75, 3.05) is 16.4 Å². The molecule has 0 fully saturated rings. The van der Waals surface area contributed by atoms with Gasteiger partial charge in [0.05, 0.1) is 22.5 Å². The van der Waals surface area contributed by atoms with Crippen LogP contribution < -0.4 is 16.4 Å². The summed E-state index contributed by atoms with van der Waals surface area (Å²) in [7, 11) is 1.72. The van der Waals surface area contributed by atoms with Gasteiger partial charge in [0.25, 0.3) is 0 Å². The van der Waals surface area contributed by atoms with E-state index in [1.807, 2.05) is 58.0 Å². The van der Waals surface area contributed by atoms with Crippen LogP contribution in [0.25, 0.3) is 28.0 Å². The normalized spacial score (nSPS) is 11.6. The lowest BCUT2D eigenvalue weighted by molar-refractivity contribution is 0.262. The predicted octanol–water partition coefficient (Wildman–Crippen LogP) is 5.19. The number of amides is 2. The summed E-state index contributed by atoms with van der Waals surface area (Å²) < 4.78 is 18.4. The van der Waals surface area contributed by atoms with E-state index in [9.17, 15) is 4.79 Å². The Bertz CT molecular complexity index is 1660. The molecule has 11 heteroatoms. The highest BCUT2D eigenvalue weighted by Gasteiger charge is 2.22. The first kappa shape index (κ1) is 24.9. The molecule has 0 saturated heterocycles. The van der Waals surface area contributed by atoms with Crippen LogP contribution in [-0.4, -0.2) is 35.6 Å². The van der Waals surface area contributed by atoms with Gasteiger partial charge in [0.15, 0.2) is 5.65 Å². The van der Waals surface area contributed by atoms with E-state index in [1.54, 1.807) is 22.5 Å². The fourth-order valence-electron chi connectivity index (χ4n) is 4.06. The highest BCUT2D eigenvalue weighted by molar-refractivity contribution is 6.01. The van der Waals surface area contributed by atoms with Gasteiger partial charge >= 0.3 is 6.03 Å². The molecule has 194 valence electrons. The molecule has 3 aromatic heterocycles. The third kappa shape index (κ3) is 4.65. The number of carbonyl (C=O) groups excluding carboxylic acids is 1. The lowest BCUT2D eigenvalue weighted by Gasteiger charge is -2.14. The fraction of sp³-hybridized carbons (Fsp3) is 0.222. The first-order valence-electron chi connectivity index (χ1n) is 12.0. The van der Waals surface area contributed by atoms with Gasteiger partial charge in [0.1, 0.15) is 29.5 Å². The molecule has 0 bridgehead atoms. The Balaban J connectivity index is 1.41. The van der Waals surface area contributed by atoms with Gasteiger partial charge in [-0.1, -0.05) is 44.5 Å². The molecule has 0 saturated carbocycles. The molecule has 2 amide bonds. The van der Waals surface area contributed by atoms with Crippen molar-refractivity contribution in [1.82, 2.24) is 29.5 Å². The number of hydrogen-bond acceptors (Lipinski definition) is 6. The number of carbonyl (C=O) groups is 1. The molecular weight excluding hydrogens is 485 g/mol. The van der Waals surface area contributed by atoms with Crippen molar-refractivity contribution in [1.29, 1.82) is 0 Å². The van der Waals surface area contributed by atoms with Crippen LogP contribution in [-0.2, 0) is 12.5 Å². The molecule has 0 aliphatic rings. The Morgan fingerprint density at radius 2 is 1.74 bits per heavy atom. The summed E-state index contributed by atoms with van der Waals surface area (Å²) in [6, 6.07) is 13.4. The van der Waals surface area contributed by atoms with Gasteiger partial charge < -0.3 is 11.1 Å². The van der Waals surface area contributed by atoms with E-state index in [0.29, 0.717) is 28.1 Å². The summed E-state index contributed by atoms with van der Waals surface area (Å²) in [6.07, 6.45) is 1.35. The number of benzene rings is 2. The molecule has 0 aliphatic heterocycles. The van der Waals surface area contributed by atoms with Crippen LogP contribution in [0.5, 0.6) is 0 Å². The molecule has 38 heavy (non-hydrogen) atoms. The Labute approximate surface area is 218 Å². The van der Waals surface area contributed by atoms with Crippen LogP contribution in [0.4, 0.5) is 26.5 Å². The number of fused-ring (bicyclic) bond motifs is 1. The van der Waals surface area contributed by atoms with E-state index < -0.39 is 11.8 Å². The topological polar surface area (TPSA) is 129 Å². The number of urea groups is 1. The van der Waals surface area contributed by atoms with Gasteiger partial charge in [0.2, 0.25) is 0 Å². The van der Waals surface area contributed by atoms with E-state index in [2.05, 4.69) is 25.7 Å². The summed E-state index contributed by atoms with van der Waals surface area (Å²) in [6.45, 7) is 8.12. The molecule has 0 spiro atoms. The number of anilines is 3. The zero-order chi connectivity index (χ0) is 27.2. The number of nitrogens with zero attached hydrogens (tertiary/aromatic N) is 6. The summed E-state index contributed by atoms with van der Waals surface area (Å²) in [4.78, 5) is 21.2. The first-order chi connectivity index (χ1) is 18.0. The minimum absolute atomic E-state index is 0.00755. The van der Waals surface area contributed by atoms with Crippen molar-refractivity contribution >= 4 is 34.4 Å². The molecule has 2 aromatic carbocycles. The first-order valence-corrected chi connectivity index (χ1v) is 12.0. The quantitative estimate of drug-likeness (QED) is 0.303. The third-order valence-electron chi connectivity index (χ3n) is 6.14. The Hall–Kier alpha value is -4.80. The average molecular weight is 514 g/mol. The molecule has 0 radical (unpaired) electrons. The van der Waals surface area contributed by atoms with E-state index in [1.165, 1.54) is 18.5 Å². The molecule has 5 rings (SSSR count). The minimum atomic E-state index is -0.630. The van der Waals surface area contributed by atoms with E-state index in [0.717, 1.165) is 16.9 Å². The molecule has 10 nitrogen and oxygen atoms in total. The van der Waals surface area contributed by atoms with E-state index >= 15 is 4.39 Å². The van der Waals surface area contributed by atoms with Crippen molar-refractivity contribution in [3.05, 3.63) is 71.9 Å². The molecule has 0 aliphatic carbocycles. The second-order valence-corrected chi connectivity index (χ2v) is 10.1. The zero-order valence-electron chi connectivity index (χ0n) is 21.7. The molecule has 0 unspecified atom stereocenters. The van der Waals surface area contributed by atoms with Gasteiger partial charge in [0, 0.05) is 24.1 Å². The van der Waals surface area contributed by atoms with Crippen molar-refractivity contribution in [3.8, 4) is 16.9 Å². The third-order valence-corrected chi connectivity index (χ3v) is 6.14. The van der Waals surface area contributed by atoms with Crippen molar-refractivity contribution in [2.24, 2.45) is 7.05 Å². The maximum absolute atomic E-state index is 15.1. The van der Waals surface area contributed by atoms with E-state index in [-0.39, 0.29) is 16.9 Å². The number of rotatable bonds is 4. The Morgan fingerprint density at radius 1 is 1.00 bits per heavy atom. The smallest absolute Gasteiger partial charge is 0.324 e. The number of nitrogens with one attached hydrogen (secondary N) is 2. The maximum Gasteiger partial charge on any atom is 0.324 e. The number of hydrogen-bond donors (Lipinski definition) is 3. The monoisotopic (exact) mass is 513 g/mol. The SMILES string of the molecule is Cc1ccc(-n2nc(C(C)(C)C)cc2NC(=O)Nc2ccc(-c3nn(C)c4ncnc(N)c34)cc2F)cc1. The molecule has 3 heterocycles. The molecule has 4 N–H and O–H groups in total. The van der Waals surface area contributed by atoms with Crippen LogP contribution in [0, 0.1) is 12.7 Å². The number of nitrogens with two attached hydrogens (primary N) is 1.